The second-order valence-electron chi connectivity index (χ2n) is 7.27. The Kier molecular flexibility index (Phi) is 6.21. The van der Waals surface area contributed by atoms with Gasteiger partial charge >= 0.3 is 0 Å². The molecule has 1 aromatic carbocycles. The van der Waals surface area contributed by atoms with Crippen LogP contribution in [0.3, 0.4) is 0 Å². The van der Waals surface area contributed by atoms with Crippen molar-refractivity contribution in [2.75, 3.05) is 55.0 Å². The smallest absolute Gasteiger partial charge is 0.274 e. The zero-order valence-corrected chi connectivity index (χ0v) is 16.7. The lowest BCUT2D eigenvalue weighted by Crippen LogP contribution is -2.36. The SMILES string of the molecule is Cc1nc(NCC2CCCO2)cc(C(=O)Nc2ccccc2N2CCOCC2)n1. The van der Waals surface area contributed by atoms with Crippen molar-refractivity contribution in [1.82, 2.24) is 9.97 Å². The Labute approximate surface area is 170 Å². The van der Waals surface area contributed by atoms with Gasteiger partial charge < -0.3 is 25.0 Å². The maximum atomic E-state index is 12.9. The maximum Gasteiger partial charge on any atom is 0.274 e. The van der Waals surface area contributed by atoms with Gasteiger partial charge in [0.25, 0.3) is 5.91 Å². The standard InChI is InChI=1S/C21H27N5O3/c1-15-23-18(13-20(24-15)22-14-16-5-4-10-29-16)21(27)25-17-6-2-3-7-19(17)26-8-11-28-12-9-26/h2-3,6-7,13,16H,4-5,8-12,14H2,1H3,(H,25,27)(H,22,23,24). The van der Waals surface area contributed by atoms with Gasteiger partial charge in [-0.3, -0.25) is 4.79 Å². The number of nitrogens with zero attached hydrogens (tertiary/aromatic N) is 3. The van der Waals surface area contributed by atoms with Crippen LogP contribution in [0.25, 0.3) is 0 Å². The highest BCUT2D eigenvalue weighted by Gasteiger charge is 2.19. The Morgan fingerprint density at radius 1 is 1.21 bits per heavy atom. The molecule has 2 aliphatic heterocycles. The average molecular weight is 397 g/mol. The molecule has 154 valence electrons. The minimum atomic E-state index is -0.253. The number of nitrogens with one attached hydrogen (secondary N) is 2. The number of ether oxygens (including phenoxy) is 2. The van der Waals surface area contributed by atoms with Gasteiger partial charge in [0, 0.05) is 32.3 Å². The number of morpholine rings is 1. The highest BCUT2D eigenvalue weighted by Crippen LogP contribution is 2.27. The van der Waals surface area contributed by atoms with Crippen LogP contribution in [0.5, 0.6) is 0 Å². The second-order valence-corrected chi connectivity index (χ2v) is 7.27. The first-order valence-electron chi connectivity index (χ1n) is 10.1. The molecule has 8 nitrogen and oxygen atoms in total. The summed E-state index contributed by atoms with van der Waals surface area (Å²) >= 11 is 0. The number of aromatic nitrogens is 2. The molecule has 2 aromatic rings. The van der Waals surface area contributed by atoms with Gasteiger partial charge in [0.05, 0.1) is 30.7 Å². The lowest BCUT2D eigenvalue weighted by molar-refractivity contribution is 0.102. The van der Waals surface area contributed by atoms with Crippen LogP contribution >= 0.6 is 0 Å². The Balaban J connectivity index is 1.47. The Hall–Kier alpha value is -2.71. The van der Waals surface area contributed by atoms with E-state index in [-0.39, 0.29) is 12.0 Å². The number of benzene rings is 1. The zero-order chi connectivity index (χ0) is 20.1. The molecule has 1 aromatic heterocycles. The Morgan fingerprint density at radius 3 is 2.83 bits per heavy atom. The number of carbonyl (C=O) groups excluding carboxylic acids is 1. The van der Waals surface area contributed by atoms with E-state index in [1.54, 1.807) is 13.0 Å². The molecule has 1 unspecified atom stereocenters. The van der Waals surface area contributed by atoms with Crippen molar-refractivity contribution in [3.05, 3.63) is 41.9 Å². The first-order chi connectivity index (χ1) is 14.2. The van der Waals surface area contributed by atoms with E-state index in [0.29, 0.717) is 37.1 Å². The summed E-state index contributed by atoms with van der Waals surface area (Å²) in [5, 5.41) is 6.28. The number of amides is 1. The van der Waals surface area contributed by atoms with E-state index in [0.717, 1.165) is 43.9 Å². The number of carbonyl (C=O) groups is 1. The minimum absolute atomic E-state index is 0.197. The molecular formula is C21H27N5O3. The lowest BCUT2D eigenvalue weighted by Gasteiger charge is -2.30. The van der Waals surface area contributed by atoms with Crippen molar-refractivity contribution in [1.29, 1.82) is 0 Å². The molecule has 29 heavy (non-hydrogen) atoms. The first kappa shape index (κ1) is 19.6. The van der Waals surface area contributed by atoms with Gasteiger partial charge in [0.15, 0.2) is 0 Å². The van der Waals surface area contributed by atoms with E-state index in [1.807, 2.05) is 24.3 Å². The third kappa shape index (κ3) is 5.02. The Morgan fingerprint density at radius 2 is 2.03 bits per heavy atom. The molecule has 8 heteroatoms. The van der Waals surface area contributed by atoms with Gasteiger partial charge in [-0.25, -0.2) is 9.97 Å². The van der Waals surface area contributed by atoms with Crippen LogP contribution in [0.15, 0.2) is 30.3 Å². The van der Waals surface area contributed by atoms with Gasteiger partial charge in [-0.2, -0.15) is 0 Å². The maximum absolute atomic E-state index is 12.9. The predicted molar refractivity (Wildman–Crippen MR) is 112 cm³/mol. The van der Waals surface area contributed by atoms with Crippen molar-refractivity contribution in [2.24, 2.45) is 0 Å². The number of hydrogen-bond donors (Lipinski definition) is 2. The molecule has 0 bridgehead atoms. The fourth-order valence-electron chi connectivity index (χ4n) is 3.64. The fraction of sp³-hybridized carbons (Fsp3) is 0.476. The van der Waals surface area contributed by atoms with E-state index in [2.05, 4.69) is 25.5 Å². The molecule has 0 aliphatic carbocycles. The van der Waals surface area contributed by atoms with E-state index in [4.69, 9.17) is 9.47 Å². The van der Waals surface area contributed by atoms with Crippen LogP contribution < -0.4 is 15.5 Å². The summed E-state index contributed by atoms with van der Waals surface area (Å²) in [5.41, 5.74) is 2.10. The number of hydrogen-bond acceptors (Lipinski definition) is 7. The average Bonchev–Trinajstić information content (AvgIpc) is 3.27. The molecule has 2 fully saturated rings. The summed E-state index contributed by atoms with van der Waals surface area (Å²) in [7, 11) is 0. The largest absolute Gasteiger partial charge is 0.378 e. The molecule has 1 atom stereocenters. The van der Waals surface area contributed by atoms with Crippen molar-refractivity contribution < 1.29 is 14.3 Å². The van der Waals surface area contributed by atoms with Crippen LogP contribution in [0.2, 0.25) is 0 Å². The number of aryl methyl sites for hydroxylation is 1. The summed E-state index contributed by atoms with van der Waals surface area (Å²) in [5.74, 6) is 0.935. The number of para-hydroxylation sites is 2. The first-order valence-corrected chi connectivity index (χ1v) is 10.1. The van der Waals surface area contributed by atoms with Gasteiger partial charge in [-0.15, -0.1) is 0 Å². The monoisotopic (exact) mass is 397 g/mol. The quantitative estimate of drug-likeness (QED) is 0.774. The van der Waals surface area contributed by atoms with E-state index >= 15 is 0 Å². The molecule has 0 saturated carbocycles. The highest BCUT2D eigenvalue weighted by molar-refractivity contribution is 6.05. The van der Waals surface area contributed by atoms with E-state index in [1.165, 1.54) is 0 Å². The molecule has 3 heterocycles. The topological polar surface area (TPSA) is 88.6 Å². The summed E-state index contributed by atoms with van der Waals surface area (Å²) in [6, 6.07) is 9.50. The molecule has 2 N–H and O–H groups in total. The van der Waals surface area contributed by atoms with Crippen LogP contribution in [-0.4, -0.2) is 61.4 Å². The van der Waals surface area contributed by atoms with Gasteiger partial charge in [-0.05, 0) is 31.9 Å². The normalized spacial score (nSPS) is 19.2. The predicted octanol–water partition coefficient (Wildman–Crippen LogP) is 2.46. The van der Waals surface area contributed by atoms with E-state index < -0.39 is 0 Å². The van der Waals surface area contributed by atoms with Crippen molar-refractivity contribution in [2.45, 2.75) is 25.9 Å². The van der Waals surface area contributed by atoms with E-state index in [9.17, 15) is 4.79 Å². The van der Waals surface area contributed by atoms with Crippen LogP contribution in [0, 0.1) is 6.92 Å². The van der Waals surface area contributed by atoms with Crippen LogP contribution in [-0.2, 0) is 9.47 Å². The van der Waals surface area contributed by atoms with Crippen molar-refractivity contribution in [3.63, 3.8) is 0 Å². The third-order valence-electron chi connectivity index (χ3n) is 5.11. The van der Waals surface area contributed by atoms with Crippen molar-refractivity contribution >= 4 is 23.1 Å². The third-order valence-corrected chi connectivity index (χ3v) is 5.11. The molecule has 2 saturated heterocycles. The van der Waals surface area contributed by atoms with Gasteiger partial charge in [0.1, 0.15) is 17.3 Å². The lowest BCUT2D eigenvalue weighted by atomic mass is 10.2. The zero-order valence-electron chi connectivity index (χ0n) is 16.7. The number of rotatable bonds is 6. The fourth-order valence-corrected chi connectivity index (χ4v) is 3.64. The minimum Gasteiger partial charge on any atom is -0.378 e. The Bertz CT molecular complexity index is 848. The second kappa shape index (κ2) is 9.19. The molecular weight excluding hydrogens is 370 g/mol. The highest BCUT2D eigenvalue weighted by atomic mass is 16.5. The molecule has 0 radical (unpaired) electrons. The van der Waals surface area contributed by atoms with Gasteiger partial charge in [0.2, 0.25) is 0 Å². The molecule has 0 spiro atoms. The summed E-state index contributed by atoms with van der Waals surface area (Å²) in [4.78, 5) is 23.9. The summed E-state index contributed by atoms with van der Waals surface area (Å²) in [6.07, 6.45) is 2.33. The van der Waals surface area contributed by atoms with Crippen molar-refractivity contribution in [3.8, 4) is 0 Å². The number of anilines is 3. The van der Waals surface area contributed by atoms with Crippen LogP contribution in [0.1, 0.15) is 29.2 Å². The van der Waals surface area contributed by atoms with Crippen LogP contribution in [0.4, 0.5) is 17.2 Å². The molecule has 1 amide bonds. The molecule has 2 aliphatic rings. The summed E-state index contributed by atoms with van der Waals surface area (Å²) < 4.78 is 11.1. The molecule has 4 rings (SSSR count). The van der Waals surface area contributed by atoms with Gasteiger partial charge in [-0.1, -0.05) is 12.1 Å². The summed E-state index contributed by atoms with van der Waals surface area (Å²) in [6.45, 7) is 6.26.